The standard InChI is InChI=1S/C16H28O2/c1-6-16-10-13(5)17-15(16)8-7-14(18-16)9-12(4)11(2)3/h12-15H,2,6-10H2,1,3-5H3/t12-,13+,14?,15+,16+/m1/s1. The molecule has 18 heavy (non-hydrogen) atoms. The summed E-state index contributed by atoms with van der Waals surface area (Å²) in [5.41, 5.74) is 1.26. The van der Waals surface area contributed by atoms with E-state index in [0.29, 0.717) is 24.2 Å². The second-order valence-corrected chi connectivity index (χ2v) is 6.36. The van der Waals surface area contributed by atoms with Crippen molar-refractivity contribution in [1.29, 1.82) is 0 Å². The van der Waals surface area contributed by atoms with E-state index >= 15 is 0 Å². The molecule has 104 valence electrons. The Labute approximate surface area is 112 Å². The molecule has 0 saturated carbocycles. The van der Waals surface area contributed by atoms with Gasteiger partial charge in [0, 0.05) is 6.42 Å². The Balaban J connectivity index is 2.00. The predicted molar refractivity (Wildman–Crippen MR) is 74.7 cm³/mol. The Bertz CT molecular complexity index is 312. The third-order valence-electron chi connectivity index (χ3n) is 4.82. The van der Waals surface area contributed by atoms with Crippen LogP contribution in [-0.2, 0) is 9.47 Å². The van der Waals surface area contributed by atoms with Crippen LogP contribution in [0.2, 0.25) is 0 Å². The summed E-state index contributed by atoms with van der Waals surface area (Å²) in [4.78, 5) is 0. The van der Waals surface area contributed by atoms with Crippen molar-refractivity contribution < 1.29 is 9.47 Å². The summed E-state index contributed by atoms with van der Waals surface area (Å²) in [5, 5.41) is 0. The molecule has 2 fully saturated rings. The molecule has 0 aromatic heterocycles. The molecule has 2 nitrogen and oxygen atoms in total. The van der Waals surface area contributed by atoms with Gasteiger partial charge >= 0.3 is 0 Å². The summed E-state index contributed by atoms with van der Waals surface area (Å²) in [6, 6.07) is 0. The Morgan fingerprint density at radius 2 is 2.17 bits per heavy atom. The van der Waals surface area contributed by atoms with Gasteiger partial charge in [-0.25, -0.2) is 0 Å². The zero-order chi connectivity index (χ0) is 13.3. The van der Waals surface area contributed by atoms with E-state index < -0.39 is 0 Å². The molecule has 0 N–H and O–H groups in total. The van der Waals surface area contributed by atoms with Gasteiger partial charge in [-0.05, 0) is 45.4 Å². The molecule has 2 heterocycles. The van der Waals surface area contributed by atoms with Crippen LogP contribution < -0.4 is 0 Å². The van der Waals surface area contributed by atoms with Crippen LogP contribution >= 0.6 is 0 Å². The summed E-state index contributed by atoms with van der Waals surface area (Å²) in [6.45, 7) is 12.8. The van der Waals surface area contributed by atoms with E-state index in [0.717, 1.165) is 32.1 Å². The molecule has 0 spiro atoms. The van der Waals surface area contributed by atoms with Crippen molar-refractivity contribution >= 4 is 0 Å². The van der Waals surface area contributed by atoms with Crippen molar-refractivity contribution in [1.82, 2.24) is 0 Å². The molecule has 2 saturated heterocycles. The number of hydrogen-bond donors (Lipinski definition) is 0. The molecule has 0 bridgehead atoms. The number of rotatable bonds is 4. The summed E-state index contributed by atoms with van der Waals surface area (Å²) in [6.07, 6.45) is 6.61. The fraction of sp³-hybridized carbons (Fsp3) is 0.875. The Morgan fingerprint density at radius 1 is 1.44 bits per heavy atom. The minimum Gasteiger partial charge on any atom is -0.372 e. The third kappa shape index (κ3) is 2.65. The van der Waals surface area contributed by atoms with Gasteiger partial charge in [0.2, 0.25) is 0 Å². The van der Waals surface area contributed by atoms with E-state index in [1.54, 1.807) is 0 Å². The summed E-state index contributed by atoms with van der Waals surface area (Å²) in [7, 11) is 0. The van der Waals surface area contributed by atoms with Crippen LogP contribution in [0.25, 0.3) is 0 Å². The SMILES string of the molecule is C=C(C)[C@H](C)CC1CC[C@@H]2O[C@@H](C)C[C@]2(CC)O1. The van der Waals surface area contributed by atoms with Gasteiger partial charge < -0.3 is 9.47 Å². The zero-order valence-corrected chi connectivity index (χ0v) is 12.4. The Morgan fingerprint density at radius 3 is 2.78 bits per heavy atom. The minimum atomic E-state index is -0.00285. The maximum Gasteiger partial charge on any atom is 0.0968 e. The van der Waals surface area contributed by atoms with Crippen LogP contribution in [0.5, 0.6) is 0 Å². The van der Waals surface area contributed by atoms with Crippen LogP contribution in [0.3, 0.4) is 0 Å². The maximum atomic E-state index is 6.47. The minimum absolute atomic E-state index is 0.00285. The lowest BCUT2D eigenvalue weighted by atomic mass is 9.83. The summed E-state index contributed by atoms with van der Waals surface area (Å²) in [5.74, 6) is 0.556. The Kier molecular flexibility index (Phi) is 4.18. The highest BCUT2D eigenvalue weighted by Gasteiger charge is 2.50. The van der Waals surface area contributed by atoms with Gasteiger partial charge in [-0.15, -0.1) is 0 Å². The van der Waals surface area contributed by atoms with Crippen molar-refractivity contribution in [2.75, 3.05) is 0 Å². The quantitative estimate of drug-likeness (QED) is 0.701. The molecule has 2 rings (SSSR count). The molecule has 2 aliphatic rings. The highest BCUT2D eigenvalue weighted by molar-refractivity contribution is 5.01. The number of allylic oxidation sites excluding steroid dienone is 1. The normalized spacial score (nSPS) is 41.4. The van der Waals surface area contributed by atoms with Gasteiger partial charge in [0.1, 0.15) is 0 Å². The largest absolute Gasteiger partial charge is 0.372 e. The van der Waals surface area contributed by atoms with Gasteiger partial charge in [-0.1, -0.05) is 26.0 Å². The molecule has 0 amide bonds. The molecule has 2 aliphatic heterocycles. The molecule has 2 heteroatoms. The Hall–Kier alpha value is -0.340. The van der Waals surface area contributed by atoms with E-state index in [2.05, 4.69) is 34.3 Å². The van der Waals surface area contributed by atoms with E-state index in [9.17, 15) is 0 Å². The van der Waals surface area contributed by atoms with Gasteiger partial charge in [-0.3, -0.25) is 0 Å². The smallest absolute Gasteiger partial charge is 0.0968 e. The summed E-state index contributed by atoms with van der Waals surface area (Å²) < 4.78 is 12.5. The van der Waals surface area contributed by atoms with E-state index in [1.165, 1.54) is 5.57 Å². The van der Waals surface area contributed by atoms with E-state index in [4.69, 9.17) is 9.47 Å². The van der Waals surface area contributed by atoms with Crippen LogP contribution in [0, 0.1) is 5.92 Å². The highest BCUT2D eigenvalue weighted by Crippen LogP contribution is 2.44. The van der Waals surface area contributed by atoms with Crippen molar-refractivity contribution in [3.63, 3.8) is 0 Å². The first-order valence-electron chi connectivity index (χ1n) is 7.45. The first-order valence-corrected chi connectivity index (χ1v) is 7.45. The molecular formula is C16H28O2. The first kappa shape index (κ1) is 14.1. The molecule has 5 atom stereocenters. The van der Waals surface area contributed by atoms with Crippen LogP contribution in [-0.4, -0.2) is 23.9 Å². The molecule has 0 radical (unpaired) electrons. The van der Waals surface area contributed by atoms with Crippen LogP contribution in [0.15, 0.2) is 12.2 Å². The first-order chi connectivity index (χ1) is 8.47. The van der Waals surface area contributed by atoms with E-state index in [-0.39, 0.29) is 5.60 Å². The van der Waals surface area contributed by atoms with Crippen molar-refractivity contribution in [2.45, 2.75) is 83.7 Å². The van der Waals surface area contributed by atoms with Crippen LogP contribution in [0.1, 0.15) is 59.8 Å². The lowest BCUT2D eigenvalue weighted by Crippen LogP contribution is -2.48. The molecule has 0 aromatic rings. The lowest BCUT2D eigenvalue weighted by molar-refractivity contribution is -0.170. The fourth-order valence-corrected chi connectivity index (χ4v) is 3.47. The van der Waals surface area contributed by atoms with Gasteiger partial charge in [-0.2, -0.15) is 0 Å². The topological polar surface area (TPSA) is 18.5 Å². The second kappa shape index (κ2) is 5.34. The van der Waals surface area contributed by atoms with Gasteiger partial charge in [0.05, 0.1) is 23.9 Å². The highest BCUT2D eigenvalue weighted by atomic mass is 16.6. The molecular weight excluding hydrogens is 224 g/mol. The number of fused-ring (bicyclic) bond motifs is 1. The second-order valence-electron chi connectivity index (χ2n) is 6.36. The fourth-order valence-electron chi connectivity index (χ4n) is 3.47. The van der Waals surface area contributed by atoms with Crippen LogP contribution in [0.4, 0.5) is 0 Å². The average Bonchev–Trinajstić information content (AvgIpc) is 2.65. The molecule has 0 aromatic carbocycles. The molecule has 0 aliphatic carbocycles. The predicted octanol–water partition coefficient (Wildman–Crippen LogP) is 4.09. The third-order valence-corrected chi connectivity index (χ3v) is 4.82. The van der Waals surface area contributed by atoms with Gasteiger partial charge in [0.25, 0.3) is 0 Å². The van der Waals surface area contributed by atoms with Crippen molar-refractivity contribution in [3.05, 3.63) is 12.2 Å². The molecule has 1 unspecified atom stereocenters. The monoisotopic (exact) mass is 252 g/mol. The van der Waals surface area contributed by atoms with E-state index in [1.807, 2.05) is 0 Å². The number of hydrogen-bond acceptors (Lipinski definition) is 2. The zero-order valence-electron chi connectivity index (χ0n) is 12.4. The average molecular weight is 252 g/mol. The summed E-state index contributed by atoms with van der Waals surface area (Å²) >= 11 is 0. The van der Waals surface area contributed by atoms with Crippen molar-refractivity contribution in [2.24, 2.45) is 5.92 Å². The lowest BCUT2D eigenvalue weighted by Gasteiger charge is -2.42. The van der Waals surface area contributed by atoms with Gasteiger partial charge in [0.15, 0.2) is 0 Å². The van der Waals surface area contributed by atoms with Crippen molar-refractivity contribution in [3.8, 4) is 0 Å². The number of ether oxygens (including phenoxy) is 2. The maximum absolute atomic E-state index is 6.47.